The van der Waals surface area contributed by atoms with Crippen LogP contribution in [-0.4, -0.2) is 62.8 Å². The topological polar surface area (TPSA) is 76.7 Å². The molecule has 3 heterocycles. The van der Waals surface area contributed by atoms with Crippen LogP contribution in [0, 0.1) is 6.92 Å². The SMILES string of the molecule is Cc1ccc2nc(CCN3CCN(c4ncn[nH]4)CC3)[nH]c2c1. The molecule has 1 saturated heterocycles. The van der Waals surface area contributed by atoms with Crippen molar-refractivity contribution in [3.8, 4) is 0 Å². The summed E-state index contributed by atoms with van der Waals surface area (Å²) in [5, 5.41) is 6.85. The van der Waals surface area contributed by atoms with Crippen LogP contribution >= 0.6 is 0 Å². The van der Waals surface area contributed by atoms with E-state index in [2.05, 4.69) is 60.1 Å². The number of anilines is 1. The number of hydrogen-bond donors (Lipinski definition) is 2. The van der Waals surface area contributed by atoms with E-state index in [0.717, 1.165) is 62.0 Å². The van der Waals surface area contributed by atoms with Crippen molar-refractivity contribution in [2.24, 2.45) is 0 Å². The van der Waals surface area contributed by atoms with Gasteiger partial charge in [0.1, 0.15) is 12.2 Å². The Morgan fingerprint density at radius 1 is 1.17 bits per heavy atom. The molecule has 0 spiro atoms. The van der Waals surface area contributed by atoms with Crippen molar-refractivity contribution in [1.29, 1.82) is 0 Å². The first-order chi connectivity index (χ1) is 11.3. The van der Waals surface area contributed by atoms with Crippen molar-refractivity contribution >= 4 is 17.0 Å². The molecule has 0 bridgehead atoms. The maximum Gasteiger partial charge on any atom is 0.221 e. The van der Waals surface area contributed by atoms with Gasteiger partial charge in [0.2, 0.25) is 5.95 Å². The third-order valence-electron chi connectivity index (χ3n) is 4.43. The van der Waals surface area contributed by atoms with Gasteiger partial charge < -0.3 is 9.88 Å². The van der Waals surface area contributed by atoms with Crippen LogP contribution in [0.2, 0.25) is 0 Å². The fraction of sp³-hybridized carbons (Fsp3) is 0.438. The van der Waals surface area contributed by atoms with E-state index in [0.29, 0.717) is 0 Å². The zero-order chi connectivity index (χ0) is 15.6. The van der Waals surface area contributed by atoms with Gasteiger partial charge in [-0.15, -0.1) is 0 Å². The van der Waals surface area contributed by atoms with Crippen molar-refractivity contribution < 1.29 is 0 Å². The van der Waals surface area contributed by atoms with E-state index in [1.165, 1.54) is 5.56 Å². The van der Waals surface area contributed by atoms with Crippen molar-refractivity contribution in [2.75, 3.05) is 37.6 Å². The highest BCUT2D eigenvalue weighted by atomic mass is 15.4. The van der Waals surface area contributed by atoms with Crippen LogP contribution in [0.25, 0.3) is 11.0 Å². The molecule has 7 nitrogen and oxygen atoms in total. The summed E-state index contributed by atoms with van der Waals surface area (Å²) in [6, 6.07) is 6.35. The van der Waals surface area contributed by atoms with Gasteiger partial charge in [0.05, 0.1) is 11.0 Å². The van der Waals surface area contributed by atoms with E-state index in [1.807, 2.05) is 0 Å². The third-order valence-corrected chi connectivity index (χ3v) is 4.43. The first kappa shape index (κ1) is 14.2. The number of benzene rings is 1. The molecule has 1 aromatic carbocycles. The Hall–Kier alpha value is -2.41. The van der Waals surface area contributed by atoms with Gasteiger partial charge in [-0.2, -0.15) is 10.1 Å². The van der Waals surface area contributed by atoms with Crippen LogP contribution < -0.4 is 4.90 Å². The molecule has 1 fully saturated rings. The van der Waals surface area contributed by atoms with Crippen LogP contribution in [0.4, 0.5) is 5.95 Å². The maximum atomic E-state index is 4.68. The van der Waals surface area contributed by atoms with E-state index in [4.69, 9.17) is 0 Å². The van der Waals surface area contributed by atoms with Gasteiger partial charge in [-0.25, -0.2) is 10.1 Å². The summed E-state index contributed by atoms with van der Waals surface area (Å²) in [5.74, 6) is 1.94. The van der Waals surface area contributed by atoms with Crippen LogP contribution in [0.5, 0.6) is 0 Å². The normalized spacial score (nSPS) is 16.3. The maximum absolute atomic E-state index is 4.68. The number of aryl methyl sites for hydroxylation is 1. The smallest absolute Gasteiger partial charge is 0.221 e. The Bertz CT molecular complexity index is 769. The minimum atomic E-state index is 0.873. The van der Waals surface area contributed by atoms with E-state index in [9.17, 15) is 0 Å². The van der Waals surface area contributed by atoms with Crippen LogP contribution in [-0.2, 0) is 6.42 Å². The van der Waals surface area contributed by atoms with Crippen molar-refractivity contribution in [2.45, 2.75) is 13.3 Å². The summed E-state index contributed by atoms with van der Waals surface area (Å²) in [6.45, 7) is 7.18. The number of rotatable bonds is 4. The standard InChI is InChI=1S/C16H21N7/c1-12-2-3-13-14(10-12)20-15(19-13)4-5-22-6-8-23(9-7-22)16-17-11-18-21-16/h2-3,10-11H,4-9H2,1H3,(H,19,20)(H,17,18,21). The largest absolute Gasteiger partial charge is 0.342 e. The van der Waals surface area contributed by atoms with Crippen molar-refractivity contribution in [3.05, 3.63) is 35.9 Å². The molecule has 0 radical (unpaired) electrons. The summed E-state index contributed by atoms with van der Waals surface area (Å²) >= 11 is 0. The molecular weight excluding hydrogens is 290 g/mol. The summed E-state index contributed by atoms with van der Waals surface area (Å²) in [4.78, 5) is 17.1. The molecular formula is C16H21N7. The molecule has 0 unspecified atom stereocenters. The number of H-pyrrole nitrogens is 2. The Kier molecular flexibility index (Phi) is 3.70. The van der Waals surface area contributed by atoms with Crippen molar-refractivity contribution in [3.63, 3.8) is 0 Å². The molecule has 1 aliphatic heterocycles. The number of imidazole rings is 1. The highest BCUT2D eigenvalue weighted by Crippen LogP contribution is 2.14. The summed E-state index contributed by atoms with van der Waals surface area (Å²) in [7, 11) is 0. The molecule has 120 valence electrons. The molecule has 0 saturated carbocycles. The quantitative estimate of drug-likeness (QED) is 0.761. The van der Waals surface area contributed by atoms with Crippen LogP contribution in [0.15, 0.2) is 24.5 Å². The van der Waals surface area contributed by atoms with Crippen LogP contribution in [0.3, 0.4) is 0 Å². The molecule has 0 amide bonds. The molecule has 4 rings (SSSR count). The highest BCUT2D eigenvalue weighted by Gasteiger charge is 2.18. The van der Waals surface area contributed by atoms with Gasteiger partial charge in [0.25, 0.3) is 0 Å². The number of piperazine rings is 1. The average Bonchev–Trinajstić information content (AvgIpc) is 3.22. The lowest BCUT2D eigenvalue weighted by Crippen LogP contribution is -2.47. The Morgan fingerprint density at radius 2 is 2.04 bits per heavy atom. The lowest BCUT2D eigenvalue weighted by atomic mass is 10.2. The monoisotopic (exact) mass is 311 g/mol. The highest BCUT2D eigenvalue weighted by molar-refractivity contribution is 5.75. The van der Waals surface area contributed by atoms with Gasteiger partial charge in [-0.05, 0) is 24.6 Å². The zero-order valence-electron chi connectivity index (χ0n) is 13.3. The Morgan fingerprint density at radius 3 is 2.83 bits per heavy atom. The Labute approximate surface area is 134 Å². The summed E-state index contributed by atoms with van der Waals surface area (Å²) < 4.78 is 0. The van der Waals surface area contributed by atoms with Gasteiger partial charge >= 0.3 is 0 Å². The third kappa shape index (κ3) is 3.05. The number of aromatic nitrogens is 5. The predicted molar refractivity (Wildman–Crippen MR) is 89.6 cm³/mol. The number of aromatic amines is 2. The molecule has 0 atom stereocenters. The zero-order valence-corrected chi connectivity index (χ0v) is 13.3. The van der Waals surface area contributed by atoms with Gasteiger partial charge in [-0.1, -0.05) is 6.07 Å². The fourth-order valence-electron chi connectivity index (χ4n) is 3.09. The lowest BCUT2D eigenvalue weighted by Gasteiger charge is -2.34. The molecule has 0 aliphatic carbocycles. The average molecular weight is 311 g/mol. The predicted octanol–water partition coefficient (Wildman–Crippen LogP) is 1.35. The number of nitrogens with zero attached hydrogens (tertiary/aromatic N) is 5. The molecule has 1 aliphatic rings. The van der Waals surface area contributed by atoms with E-state index in [1.54, 1.807) is 6.33 Å². The van der Waals surface area contributed by atoms with E-state index >= 15 is 0 Å². The second-order valence-corrected chi connectivity index (χ2v) is 6.09. The summed E-state index contributed by atoms with van der Waals surface area (Å²) in [5.41, 5.74) is 3.45. The molecule has 3 aromatic rings. The van der Waals surface area contributed by atoms with Gasteiger partial charge in [-0.3, -0.25) is 4.90 Å². The first-order valence-electron chi connectivity index (χ1n) is 8.06. The second kappa shape index (κ2) is 6.00. The lowest BCUT2D eigenvalue weighted by molar-refractivity contribution is 0.258. The van der Waals surface area contributed by atoms with E-state index in [-0.39, 0.29) is 0 Å². The number of hydrogen-bond acceptors (Lipinski definition) is 5. The minimum Gasteiger partial charge on any atom is -0.342 e. The second-order valence-electron chi connectivity index (χ2n) is 6.09. The van der Waals surface area contributed by atoms with Crippen molar-refractivity contribution in [1.82, 2.24) is 30.0 Å². The molecule has 2 aromatic heterocycles. The van der Waals surface area contributed by atoms with Crippen LogP contribution in [0.1, 0.15) is 11.4 Å². The van der Waals surface area contributed by atoms with Gasteiger partial charge in [0, 0.05) is 39.1 Å². The first-order valence-corrected chi connectivity index (χ1v) is 8.06. The number of fused-ring (bicyclic) bond motifs is 1. The minimum absolute atomic E-state index is 0.873. The fourth-order valence-corrected chi connectivity index (χ4v) is 3.09. The van der Waals surface area contributed by atoms with Gasteiger partial charge in [0.15, 0.2) is 0 Å². The molecule has 23 heavy (non-hydrogen) atoms. The molecule has 2 N–H and O–H groups in total. The molecule has 7 heteroatoms. The number of nitrogens with one attached hydrogen (secondary N) is 2. The summed E-state index contributed by atoms with van der Waals surface area (Å²) in [6.07, 6.45) is 2.51. The Balaban J connectivity index is 1.32. The van der Waals surface area contributed by atoms with E-state index < -0.39 is 0 Å².